The van der Waals surface area contributed by atoms with Gasteiger partial charge in [-0.2, -0.15) is 0 Å². The lowest BCUT2D eigenvalue weighted by Crippen LogP contribution is -1.97. The maximum atomic E-state index is 6.01. The minimum absolute atomic E-state index is 0.732. The number of aromatic nitrogens is 3. The minimum Gasteiger partial charge on any atom is -0.399 e. The van der Waals surface area contributed by atoms with E-state index in [0.717, 1.165) is 56.2 Å². The maximum absolute atomic E-state index is 6.01. The second-order valence-electron chi connectivity index (χ2n) is 9.11. The van der Waals surface area contributed by atoms with Gasteiger partial charge in [-0.3, -0.25) is 4.57 Å². The molecule has 5 aromatic rings. The van der Waals surface area contributed by atoms with Crippen molar-refractivity contribution in [2.24, 2.45) is 0 Å². The molecule has 2 N–H and O–H groups in total. The normalized spacial score (nSPS) is 11.7. The van der Waals surface area contributed by atoms with Crippen molar-refractivity contribution in [3.63, 3.8) is 0 Å². The van der Waals surface area contributed by atoms with Gasteiger partial charge in [-0.25, -0.2) is 9.97 Å². The Hall–Kier alpha value is -4.70. The number of imidazole rings is 1. The predicted molar refractivity (Wildman–Crippen MR) is 143 cm³/mol. The average molecular weight is 451 g/mol. The summed E-state index contributed by atoms with van der Waals surface area (Å²) in [4.78, 5) is 10.0. The highest BCUT2D eigenvalue weighted by atomic mass is 15.1. The van der Waals surface area contributed by atoms with Crippen LogP contribution in [0.3, 0.4) is 0 Å². The Morgan fingerprint density at radius 3 is 2.23 bits per heavy atom. The Kier molecular flexibility index (Phi) is 4.18. The number of nitrogen functional groups attached to an aromatic ring is 1. The summed E-state index contributed by atoms with van der Waals surface area (Å²) >= 11 is 0. The molecule has 0 fully saturated rings. The summed E-state index contributed by atoms with van der Waals surface area (Å²) in [6.45, 7) is 2.12. The molecule has 2 aliphatic rings. The molecular formula is C31H22N4. The molecule has 2 heterocycles. The summed E-state index contributed by atoms with van der Waals surface area (Å²) in [6, 6.07) is 35.5. The fraction of sp³-hybridized carbons (Fsp3) is 0.0323. The van der Waals surface area contributed by atoms with Crippen molar-refractivity contribution < 1.29 is 0 Å². The first kappa shape index (κ1) is 19.7. The van der Waals surface area contributed by atoms with Gasteiger partial charge in [-0.15, -0.1) is 0 Å². The van der Waals surface area contributed by atoms with Gasteiger partial charge in [-0.1, -0.05) is 36.4 Å². The van der Waals surface area contributed by atoms with Crippen LogP contribution in [-0.2, 0) is 0 Å². The minimum atomic E-state index is 0.732. The van der Waals surface area contributed by atoms with Crippen molar-refractivity contribution in [3.05, 3.63) is 109 Å². The second kappa shape index (κ2) is 7.40. The highest BCUT2D eigenvalue weighted by Crippen LogP contribution is 2.43. The number of para-hydroxylation sites is 2. The number of anilines is 1. The number of hydrogen-bond acceptors (Lipinski definition) is 3. The van der Waals surface area contributed by atoms with Gasteiger partial charge in [0.25, 0.3) is 0 Å². The van der Waals surface area contributed by atoms with Gasteiger partial charge in [0.05, 0.1) is 28.1 Å². The van der Waals surface area contributed by atoms with E-state index in [4.69, 9.17) is 15.7 Å². The molecule has 7 rings (SSSR count). The summed E-state index contributed by atoms with van der Waals surface area (Å²) in [5, 5.41) is 0. The lowest BCUT2D eigenvalue weighted by molar-refractivity contribution is 1.11. The van der Waals surface area contributed by atoms with E-state index in [2.05, 4.69) is 72.2 Å². The summed E-state index contributed by atoms with van der Waals surface area (Å²) < 4.78 is 2.28. The lowest BCUT2D eigenvalue weighted by Gasteiger charge is -2.12. The number of hydrogen-bond donors (Lipinski definition) is 1. The van der Waals surface area contributed by atoms with Gasteiger partial charge in [-0.05, 0) is 84.8 Å². The molecule has 4 heteroatoms. The predicted octanol–water partition coefficient (Wildman–Crippen LogP) is 7.29. The molecule has 2 aliphatic carbocycles. The van der Waals surface area contributed by atoms with Crippen LogP contribution < -0.4 is 5.73 Å². The number of pyridine rings is 1. The van der Waals surface area contributed by atoms with Gasteiger partial charge >= 0.3 is 0 Å². The zero-order valence-electron chi connectivity index (χ0n) is 19.2. The first-order chi connectivity index (χ1) is 17.1. The van der Waals surface area contributed by atoms with Gasteiger partial charge < -0.3 is 5.73 Å². The Morgan fingerprint density at radius 1 is 0.629 bits per heavy atom. The van der Waals surface area contributed by atoms with E-state index in [1.54, 1.807) is 0 Å². The highest BCUT2D eigenvalue weighted by molar-refractivity contribution is 5.94. The third kappa shape index (κ3) is 3.30. The second-order valence-corrected chi connectivity index (χ2v) is 9.11. The molecular weight excluding hydrogens is 428 g/mol. The first-order valence-corrected chi connectivity index (χ1v) is 11.7. The largest absolute Gasteiger partial charge is 0.399 e. The van der Waals surface area contributed by atoms with E-state index >= 15 is 0 Å². The van der Waals surface area contributed by atoms with Crippen molar-refractivity contribution in [1.82, 2.24) is 14.5 Å². The maximum Gasteiger partial charge on any atom is 0.145 e. The topological polar surface area (TPSA) is 56.7 Å². The molecule has 0 aliphatic heterocycles. The SMILES string of the molecule is Cc1cc(-c2cccc(-c3cccc(N)c3)n2)cc(-c2nc3ccccc3n2-c2ccc3cc2-3)c1. The van der Waals surface area contributed by atoms with Crippen molar-refractivity contribution >= 4 is 16.7 Å². The number of nitrogens with zero attached hydrogens (tertiary/aromatic N) is 3. The Bertz CT molecular complexity index is 1780. The van der Waals surface area contributed by atoms with Gasteiger partial charge in [0.1, 0.15) is 5.82 Å². The van der Waals surface area contributed by atoms with Crippen molar-refractivity contribution in [1.29, 1.82) is 0 Å². The van der Waals surface area contributed by atoms with Crippen LogP contribution in [0.15, 0.2) is 103 Å². The van der Waals surface area contributed by atoms with E-state index in [1.807, 2.05) is 42.5 Å². The molecule has 166 valence electrons. The summed E-state index contributed by atoms with van der Waals surface area (Å²) in [6.07, 6.45) is 0. The zero-order valence-corrected chi connectivity index (χ0v) is 19.2. The van der Waals surface area contributed by atoms with Crippen LogP contribution in [0.1, 0.15) is 5.56 Å². The number of benzene rings is 4. The molecule has 4 nitrogen and oxygen atoms in total. The summed E-state index contributed by atoms with van der Waals surface area (Å²) in [5.41, 5.74) is 18.8. The van der Waals surface area contributed by atoms with Gasteiger partial charge in [0.15, 0.2) is 0 Å². The highest BCUT2D eigenvalue weighted by Gasteiger charge is 2.23. The number of rotatable bonds is 4. The Balaban J connectivity index is 1.39. The third-order valence-corrected chi connectivity index (χ3v) is 6.59. The Morgan fingerprint density at radius 2 is 1.43 bits per heavy atom. The standard InChI is InChI=1S/C31H22N4/c1-19-14-22(27-10-5-9-26(33-27)21-6-4-7-24(32)17-21)16-23(15-19)31-34-28-8-2-3-11-30(28)35(31)29-13-12-20-18-25(20)29/h2-18H,32H2,1H3. The van der Waals surface area contributed by atoms with E-state index in [9.17, 15) is 0 Å². The molecule has 0 unspecified atom stereocenters. The number of fused-ring (bicyclic) bond motifs is 2. The fourth-order valence-corrected chi connectivity index (χ4v) is 4.91. The first-order valence-electron chi connectivity index (χ1n) is 11.7. The van der Waals surface area contributed by atoms with E-state index in [-0.39, 0.29) is 0 Å². The molecule has 2 aromatic heterocycles. The lowest BCUT2D eigenvalue weighted by atomic mass is 10.0. The van der Waals surface area contributed by atoms with E-state index in [1.165, 1.54) is 16.8 Å². The van der Waals surface area contributed by atoms with E-state index in [0.29, 0.717) is 0 Å². The van der Waals surface area contributed by atoms with Crippen LogP contribution >= 0.6 is 0 Å². The quantitative estimate of drug-likeness (QED) is 0.286. The molecule has 0 amide bonds. The average Bonchev–Trinajstić information content (AvgIpc) is 3.37. The molecule has 0 radical (unpaired) electrons. The molecule has 0 atom stereocenters. The van der Waals surface area contributed by atoms with Crippen LogP contribution in [0.5, 0.6) is 0 Å². The van der Waals surface area contributed by atoms with Crippen LogP contribution in [0.2, 0.25) is 0 Å². The van der Waals surface area contributed by atoms with Gasteiger partial charge in [0, 0.05) is 27.9 Å². The number of aryl methyl sites for hydroxylation is 1. The molecule has 0 saturated heterocycles. The van der Waals surface area contributed by atoms with Crippen LogP contribution in [0.25, 0.3) is 61.8 Å². The van der Waals surface area contributed by atoms with Crippen LogP contribution in [0, 0.1) is 6.92 Å². The molecule has 0 spiro atoms. The van der Waals surface area contributed by atoms with Gasteiger partial charge in [0.2, 0.25) is 0 Å². The van der Waals surface area contributed by atoms with Crippen molar-refractivity contribution in [2.45, 2.75) is 6.92 Å². The van der Waals surface area contributed by atoms with Crippen LogP contribution in [0.4, 0.5) is 5.69 Å². The van der Waals surface area contributed by atoms with Crippen molar-refractivity contribution in [3.8, 4) is 50.7 Å². The molecule has 0 bridgehead atoms. The zero-order chi connectivity index (χ0) is 23.5. The van der Waals surface area contributed by atoms with Crippen molar-refractivity contribution in [2.75, 3.05) is 5.73 Å². The smallest absolute Gasteiger partial charge is 0.145 e. The monoisotopic (exact) mass is 450 g/mol. The summed E-state index contributed by atoms with van der Waals surface area (Å²) in [5.74, 6) is 0.942. The molecule has 35 heavy (non-hydrogen) atoms. The van der Waals surface area contributed by atoms with E-state index < -0.39 is 0 Å². The summed E-state index contributed by atoms with van der Waals surface area (Å²) in [7, 11) is 0. The van der Waals surface area contributed by atoms with Crippen LogP contribution in [-0.4, -0.2) is 14.5 Å². The number of nitrogens with two attached hydrogens (primary N) is 1. The molecule has 3 aromatic carbocycles. The Labute approximate surface area is 203 Å². The third-order valence-electron chi connectivity index (χ3n) is 6.59. The molecule has 0 saturated carbocycles. The fourth-order valence-electron chi connectivity index (χ4n) is 4.91.